The van der Waals surface area contributed by atoms with Crippen molar-refractivity contribution in [2.45, 2.75) is 18.4 Å². The van der Waals surface area contributed by atoms with E-state index in [1.165, 1.54) is 12.1 Å². The number of hydrogen-bond donors (Lipinski definition) is 2. The van der Waals surface area contributed by atoms with Gasteiger partial charge in [-0.25, -0.2) is 13.1 Å². The highest BCUT2D eigenvalue weighted by Crippen LogP contribution is 2.32. The smallest absolute Gasteiger partial charge is 0.241 e. The number of benzene rings is 2. The van der Waals surface area contributed by atoms with Crippen LogP contribution in [0.2, 0.25) is 0 Å². The summed E-state index contributed by atoms with van der Waals surface area (Å²) in [5, 5.41) is 1.06. The van der Waals surface area contributed by atoms with E-state index in [1.54, 1.807) is 6.07 Å². The maximum absolute atomic E-state index is 12.5. The Morgan fingerprint density at radius 3 is 2.68 bits per heavy atom. The van der Waals surface area contributed by atoms with Crippen molar-refractivity contribution in [1.82, 2.24) is 9.71 Å². The third-order valence-electron chi connectivity index (χ3n) is 4.11. The first-order chi connectivity index (χ1) is 12.0. The second kappa shape index (κ2) is 6.09. The van der Waals surface area contributed by atoms with Gasteiger partial charge in [0.1, 0.15) is 13.2 Å². The lowest BCUT2D eigenvalue weighted by Gasteiger charge is -2.19. The Hall–Kier alpha value is -2.51. The molecule has 0 bridgehead atoms. The van der Waals surface area contributed by atoms with Crippen molar-refractivity contribution in [3.63, 3.8) is 0 Å². The van der Waals surface area contributed by atoms with Gasteiger partial charge >= 0.3 is 0 Å². The fraction of sp³-hybridized carbons (Fsp3) is 0.222. The lowest BCUT2D eigenvalue weighted by atomic mass is 10.1. The Labute approximate surface area is 145 Å². The van der Waals surface area contributed by atoms with Gasteiger partial charge in [-0.1, -0.05) is 6.07 Å². The minimum atomic E-state index is -3.63. The molecule has 0 aliphatic carbocycles. The number of aromatic amines is 1. The minimum absolute atomic E-state index is 0.162. The van der Waals surface area contributed by atoms with E-state index >= 15 is 0 Å². The average Bonchev–Trinajstić information content (AvgIpc) is 2.99. The van der Waals surface area contributed by atoms with E-state index in [0.717, 1.165) is 22.2 Å². The van der Waals surface area contributed by atoms with Crippen LogP contribution in [0.4, 0.5) is 0 Å². The van der Waals surface area contributed by atoms with Gasteiger partial charge in [0.05, 0.1) is 4.90 Å². The average molecular weight is 358 g/mol. The molecule has 0 unspecified atom stereocenters. The van der Waals surface area contributed by atoms with Gasteiger partial charge in [-0.3, -0.25) is 0 Å². The van der Waals surface area contributed by atoms with Crippen LogP contribution in [-0.2, 0) is 16.6 Å². The number of aromatic nitrogens is 1. The molecule has 0 spiro atoms. The molecule has 1 aliphatic rings. The fourth-order valence-electron chi connectivity index (χ4n) is 2.89. The third kappa shape index (κ3) is 3.20. The van der Waals surface area contributed by atoms with Crippen LogP contribution in [0.3, 0.4) is 0 Å². The summed E-state index contributed by atoms with van der Waals surface area (Å²) in [5.74, 6) is 1.02. The summed E-state index contributed by atoms with van der Waals surface area (Å²) in [6.45, 7) is 3.10. The summed E-state index contributed by atoms with van der Waals surface area (Å²) < 4.78 is 38.6. The largest absolute Gasteiger partial charge is 0.486 e. The first-order valence-corrected chi connectivity index (χ1v) is 9.47. The highest BCUT2D eigenvalue weighted by atomic mass is 32.2. The monoisotopic (exact) mass is 358 g/mol. The van der Waals surface area contributed by atoms with Gasteiger partial charge in [0.25, 0.3) is 0 Å². The number of aryl methyl sites for hydroxylation is 1. The Balaban J connectivity index is 1.54. The van der Waals surface area contributed by atoms with E-state index in [-0.39, 0.29) is 11.4 Å². The highest BCUT2D eigenvalue weighted by Gasteiger charge is 2.19. The molecule has 0 fully saturated rings. The number of nitrogens with one attached hydrogen (secondary N) is 2. The number of ether oxygens (including phenoxy) is 2. The van der Waals surface area contributed by atoms with E-state index < -0.39 is 10.0 Å². The van der Waals surface area contributed by atoms with Gasteiger partial charge in [-0.05, 0) is 48.2 Å². The predicted molar refractivity (Wildman–Crippen MR) is 94.5 cm³/mol. The molecule has 6 nitrogen and oxygen atoms in total. The van der Waals surface area contributed by atoms with Gasteiger partial charge in [0.2, 0.25) is 10.0 Å². The molecule has 2 aromatic carbocycles. The quantitative estimate of drug-likeness (QED) is 0.751. The molecule has 0 radical (unpaired) electrons. The minimum Gasteiger partial charge on any atom is -0.486 e. The van der Waals surface area contributed by atoms with Crippen molar-refractivity contribution in [2.24, 2.45) is 0 Å². The topological polar surface area (TPSA) is 80.4 Å². The Kier molecular flexibility index (Phi) is 3.89. The van der Waals surface area contributed by atoms with Crippen LogP contribution in [0, 0.1) is 6.92 Å². The zero-order valence-corrected chi connectivity index (χ0v) is 14.5. The molecule has 3 aromatic rings. The lowest BCUT2D eigenvalue weighted by molar-refractivity contribution is 0.171. The van der Waals surface area contributed by atoms with Gasteiger partial charge < -0.3 is 14.5 Å². The van der Waals surface area contributed by atoms with Crippen molar-refractivity contribution in [3.8, 4) is 11.5 Å². The molecule has 0 saturated carbocycles. The standard InChI is InChI=1S/C18H18N2O4S/c1-12-8-14-9-13(2-4-16(14)20-12)11-19-25(21,22)15-3-5-17-18(10-15)24-7-6-23-17/h2-5,8-10,19-20H,6-7,11H2,1H3. The van der Waals surface area contributed by atoms with Crippen molar-refractivity contribution in [1.29, 1.82) is 0 Å². The van der Waals surface area contributed by atoms with E-state index in [4.69, 9.17) is 9.47 Å². The molecule has 2 N–H and O–H groups in total. The van der Waals surface area contributed by atoms with Gasteiger partial charge in [-0.15, -0.1) is 0 Å². The van der Waals surface area contributed by atoms with Crippen LogP contribution in [0.15, 0.2) is 47.4 Å². The van der Waals surface area contributed by atoms with Gasteiger partial charge in [-0.2, -0.15) is 0 Å². The van der Waals surface area contributed by atoms with Crippen LogP contribution in [0.5, 0.6) is 11.5 Å². The number of hydrogen-bond acceptors (Lipinski definition) is 4. The van der Waals surface area contributed by atoms with Crippen LogP contribution < -0.4 is 14.2 Å². The van der Waals surface area contributed by atoms with Crippen LogP contribution in [0.25, 0.3) is 10.9 Å². The number of fused-ring (bicyclic) bond motifs is 2. The summed E-state index contributed by atoms with van der Waals surface area (Å²) in [7, 11) is -3.63. The summed E-state index contributed by atoms with van der Waals surface area (Å²) >= 11 is 0. The molecule has 0 amide bonds. The molecule has 130 valence electrons. The van der Waals surface area contributed by atoms with Crippen molar-refractivity contribution >= 4 is 20.9 Å². The predicted octanol–water partition coefficient (Wildman–Crippen LogP) is 2.73. The van der Waals surface area contributed by atoms with Crippen molar-refractivity contribution in [2.75, 3.05) is 13.2 Å². The van der Waals surface area contributed by atoms with E-state index in [9.17, 15) is 8.42 Å². The molecule has 2 heterocycles. The molecule has 0 saturated heterocycles. The maximum Gasteiger partial charge on any atom is 0.241 e. The number of rotatable bonds is 4. The van der Waals surface area contributed by atoms with Crippen molar-refractivity contribution < 1.29 is 17.9 Å². The molecule has 4 rings (SSSR count). The Bertz CT molecular complexity index is 1040. The molecular formula is C18H18N2O4S. The van der Waals surface area contributed by atoms with Gasteiger partial charge in [0, 0.05) is 23.8 Å². The maximum atomic E-state index is 12.5. The van der Waals surface area contributed by atoms with Crippen LogP contribution >= 0.6 is 0 Å². The van der Waals surface area contributed by atoms with Crippen LogP contribution in [-0.4, -0.2) is 26.6 Å². The number of sulfonamides is 1. The second-order valence-electron chi connectivity index (χ2n) is 6.00. The molecule has 25 heavy (non-hydrogen) atoms. The SMILES string of the molecule is Cc1cc2cc(CNS(=O)(=O)c3ccc4c(c3)OCCO4)ccc2[nH]1. The highest BCUT2D eigenvalue weighted by molar-refractivity contribution is 7.89. The Morgan fingerprint density at radius 2 is 1.84 bits per heavy atom. The van der Waals surface area contributed by atoms with E-state index in [0.29, 0.717) is 24.7 Å². The molecule has 1 aromatic heterocycles. The molecule has 1 aliphatic heterocycles. The fourth-order valence-corrected chi connectivity index (χ4v) is 3.92. The second-order valence-corrected chi connectivity index (χ2v) is 7.77. The molecule has 7 heteroatoms. The normalized spacial score (nSPS) is 14.0. The zero-order chi connectivity index (χ0) is 17.4. The van der Waals surface area contributed by atoms with E-state index in [1.807, 2.05) is 31.2 Å². The summed E-state index contributed by atoms with van der Waals surface area (Å²) in [5.41, 5.74) is 3.01. The first kappa shape index (κ1) is 16.0. The van der Waals surface area contributed by atoms with Gasteiger partial charge in [0.15, 0.2) is 11.5 Å². The van der Waals surface area contributed by atoms with Crippen molar-refractivity contribution in [3.05, 3.63) is 53.7 Å². The number of H-pyrrole nitrogens is 1. The van der Waals surface area contributed by atoms with Crippen LogP contribution in [0.1, 0.15) is 11.3 Å². The summed E-state index contributed by atoms with van der Waals surface area (Å²) in [4.78, 5) is 3.41. The Morgan fingerprint density at radius 1 is 1.04 bits per heavy atom. The molecule has 0 atom stereocenters. The van der Waals surface area contributed by atoms with E-state index in [2.05, 4.69) is 9.71 Å². The first-order valence-electron chi connectivity index (χ1n) is 7.99. The zero-order valence-electron chi connectivity index (χ0n) is 13.7. The summed E-state index contributed by atoms with van der Waals surface area (Å²) in [6.07, 6.45) is 0. The summed E-state index contributed by atoms with van der Waals surface area (Å²) in [6, 6.07) is 12.5. The lowest BCUT2D eigenvalue weighted by Crippen LogP contribution is -2.23. The third-order valence-corrected chi connectivity index (χ3v) is 5.51. The molecular weight excluding hydrogens is 340 g/mol.